The molecule has 10 heteroatoms. The van der Waals surface area contributed by atoms with Crippen molar-refractivity contribution in [3.05, 3.63) is 66.8 Å². The summed E-state index contributed by atoms with van der Waals surface area (Å²) in [4.78, 5) is 35.3. The lowest BCUT2D eigenvalue weighted by Crippen LogP contribution is -2.35. The molecule has 1 fully saturated rings. The highest BCUT2D eigenvalue weighted by Crippen LogP contribution is 2.35. The molecular formula is C19H13Cl2IN2O5. The number of urea groups is 1. The second-order valence-electron chi connectivity index (χ2n) is 6.00. The van der Waals surface area contributed by atoms with E-state index in [2.05, 4.69) is 27.9 Å². The van der Waals surface area contributed by atoms with Crippen LogP contribution < -0.4 is 10.1 Å². The number of halogens is 3. The van der Waals surface area contributed by atoms with E-state index < -0.39 is 24.5 Å². The summed E-state index contributed by atoms with van der Waals surface area (Å²) in [5.41, 5.74) is 1.32. The van der Waals surface area contributed by atoms with E-state index in [9.17, 15) is 14.4 Å². The number of imide groups is 1. The van der Waals surface area contributed by atoms with Gasteiger partial charge in [-0.25, -0.2) is 9.69 Å². The minimum Gasteiger partial charge on any atom is -0.486 e. The van der Waals surface area contributed by atoms with Gasteiger partial charge in [0.25, 0.3) is 5.91 Å². The standard InChI is InChI=1S/C19H13Cl2IN2O5/c20-13-5-11(7-15-18(27)24(8-16(25)26)19(28)23-15)6-14(21)17(13)29-9-10-1-3-12(22)4-2-10/h1-7H,8-9H2,(H,23,28)(H,25,26)/b15-7+. The van der Waals surface area contributed by atoms with E-state index >= 15 is 0 Å². The molecule has 3 rings (SSSR count). The van der Waals surface area contributed by atoms with Crippen LogP contribution in [0.4, 0.5) is 4.79 Å². The molecule has 0 bridgehead atoms. The van der Waals surface area contributed by atoms with Gasteiger partial charge in [-0.3, -0.25) is 9.59 Å². The first-order valence-electron chi connectivity index (χ1n) is 8.17. The van der Waals surface area contributed by atoms with E-state index in [1.54, 1.807) is 0 Å². The number of rotatable bonds is 6. The second kappa shape index (κ2) is 9.02. The third-order valence-electron chi connectivity index (χ3n) is 3.88. The van der Waals surface area contributed by atoms with Crippen molar-refractivity contribution in [1.82, 2.24) is 10.2 Å². The number of carboxylic acids is 1. The minimum absolute atomic E-state index is 0.0732. The van der Waals surface area contributed by atoms with Crippen LogP contribution in [0.2, 0.25) is 10.0 Å². The summed E-state index contributed by atoms with van der Waals surface area (Å²) in [5.74, 6) is -1.75. The Hall–Kier alpha value is -2.30. The fraction of sp³-hybridized carbons (Fsp3) is 0.105. The molecule has 2 aromatic rings. The molecule has 2 N–H and O–H groups in total. The van der Waals surface area contributed by atoms with Crippen LogP contribution in [-0.2, 0) is 16.2 Å². The Labute approximate surface area is 189 Å². The maximum atomic E-state index is 12.2. The number of nitrogens with zero attached hydrogens (tertiary/aromatic N) is 1. The number of carbonyl (C=O) groups excluding carboxylic acids is 2. The van der Waals surface area contributed by atoms with Crippen molar-refractivity contribution in [3.63, 3.8) is 0 Å². The van der Waals surface area contributed by atoms with Crippen LogP contribution in [0.3, 0.4) is 0 Å². The highest BCUT2D eigenvalue weighted by Gasteiger charge is 2.34. The zero-order chi connectivity index (χ0) is 21.1. The zero-order valence-corrected chi connectivity index (χ0v) is 18.3. The summed E-state index contributed by atoms with van der Waals surface area (Å²) in [7, 11) is 0. The van der Waals surface area contributed by atoms with E-state index in [-0.39, 0.29) is 22.3 Å². The third kappa shape index (κ3) is 5.20. The quantitative estimate of drug-likeness (QED) is 0.322. The maximum absolute atomic E-state index is 12.2. The van der Waals surface area contributed by atoms with Crippen molar-refractivity contribution in [2.45, 2.75) is 6.61 Å². The largest absolute Gasteiger partial charge is 0.486 e. The summed E-state index contributed by atoms with van der Waals surface area (Å²) in [6, 6.07) is 10.0. The van der Waals surface area contributed by atoms with Gasteiger partial charge in [0.05, 0.1) is 10.0 Å². The molecule has 2 aromatic carbocycles. The smallest absolute Gasteiger partial charge is 0.329 e. The number of ether oxygens (including phenoxy) is 1. The summed E-state index contributed by atoms with van der Waals surface area (Å²) < 4.78 is 6.83. The molecule has 1 heterocycles. The van der Waals surface area contributed by atoms with Gasteiger partial charge < -0.3 is 15.2 Å². The third-order valence-corrected chi connectivity index (χ3v) is 5.16. The first kappa shape index (κ1) is 21.4. The first-order chi connectivity index (χ1) is 13.7. The number of nitrogens with one attached hydrogen (secondary N) is 1. The van der Waals surface area contributed by atoms with E-state index in [4.69, 9.17) is 33.0 Å². The van der Waals surface area contributed by atoms with E-state index in [0.29, 0.717) is 16.2 Å². The number of hydrogen-bond acceptors (Lipinski definition) is 4. The van der Waals surface area contributed by atoms with Gasteiger partial charge >= 0.3 is 12.0 Å². The Balaban J connectivity index is 1.77. The van der Waals surface area contributed by atoms with E-state index in [1.165, 1.54) is 18.2 Å². The van der Waals surface area contributed by atoms with Crippen LogP contribution in [0.1, 0.15) is 11.1 Å². The normalized spacial score (nSPS) is 15.0. The molecule has 29 heavy (non-hydrogen) atoms. The van der Waals surface area contributed by atoms with Crippen molar-refractivity contribution in [2.75, 3.05) is 6.54 Å². The number of aliphatic carboxylic acids is 1. The number of hydrogen-bond donors (Lipinski definition) is 2. The molecule has 3 amide bonds. The molecule has 0 spiro atoms. The Morgan fingerprint density at radius 1 is 1.17 bits per heavy atom. The molecular weight excluding hydrogens is 534 g/mol. The van der Waals surface area contributed by atoms with E-state index in [0.717, 1.165) is 9.13 Å². The summed E-state index contributed by atoms with van der Waals surface area (Å²) in [6.45, 7) is -0.454. The van der Waals surface area contributed by atoms with Crippen LogP contribution in [0.5, 0.6) is 5.75 Å². The summed E-state index contributed by atoms with van der Waals surface area (Å²) >= 11 is 14.8. The van der Waals surface area contributed by atoms with Crippen molar-refractivity contribution >= 4 is 69.8 Å². The van der Waals surface area contributed by atoms with Crippen molar-refractivity contribution < 1.29 is 24.2 Å². The van der Waals surface area contributed by atoms with Gasteiger partial charge in [-0.1, -0.05) is 35.3 Å². The van der Waals surface area contributed by atoms with Gasteiger partial charge in [0.1, 0.15) is 18.8 Å². The first-order valence-corrected chi connectivity index (χ1v) is 10.0. The fourth-order valence-electron chi connectivity index (χ4n) is 2.55. The van der Waals surface area contributed by atoms with Crippen LogP contribution >= 0.6 is 45.8 Å². The zero-order valence-electron chi connectivity index (χ0n) is 14.6. The lowest BCUT2D eigenvalue weighted by Gasteiger charge is -2.11. The Kier molecular flexibility index (Phi) is 6.66. The molecule has 7 nitrogen and oxygen atoms in total. The van der Waals surface area contributed by atoms with Gasteiger partial charge in [0, 0.05) is 3.57 Å². The lowest BCUT2D eigenvalue weighted by atomic mass is 10.1. The highest BCUT2D eigenvalue weighted by atomic mass is 127. The van der Waals surface area contributed by atoms with Gasteiger partial charge in [-0.15, -0.1) is 0 Å². The Bertz CT molecular complexity index is 1000. The van der Waals surface area contributed by atoms with Crippen LogP contribution in [0.25, 0.3) is 6.08 Å². The van der Waals surface area contributed by atoms with Gasteiger partial charge in [-0.05, 0) is 64.1 Å². The highest BCUT2D eigenvalue weighted by molar-refractivity contribution is 14.1. The second-order valence-corrected chi connectivity index (χ2v) is 8.06. The fourth-order valence-corrected chi connectivity index (χ4v) is 3.53. The minimum atomic E-state index is -1.30. The van der Waals surface area contributed by atoms with E-state index in [1.807, 2.05) is 24.3 Å². The molecule has 0 atom stereocenters. The predicted octanol–water partition coefficient (Wildman–Crippen LogP) is 4.15. The summed E-state index contributed by atoms with van der Waals surface area (Å²) in [5, 5.41) is 11.6. The number of amides is 3. The van der Waals surface area contributed by atoms with Crippen LogP contribution in [0, 0.1) is 3.57 Å². The number of benzene rings is 2. The monoisotopic (exact) mass is 546 g/mol. The molecule has 1 aliphatic rings. The molecule has 0 unspecified atom stereocenters. The van der Waals surface area contributed by atoms with Crippen molar-refractivity contribution in [2.24, 2.45) is 0 Å². The Morgan fingerprint density at radius 2 is 1.79 bits per heavy atom. The van der Waals surface area contributed by atoms with Crippen molar-refractivity contribution in [3.8, 4) is 5.75 Å². The number of carbonyl (C=O) groups is 3. The van der Waals surface area contributed by atoms with Gasteiger partial charge in [0.2, 0.25) is 0 Å². The molecule has 0 aromatic heterocycles. The lowest BCUT2D eigenvalue weighted by molar-refractivity contribution is -0.140. The molecule has 1 aliphatic heterocycles. The van der Waals surface area contributed by atoms with Crippen LogP contribution in [0.15, 0.2) is 42.1 Å². The maximum Gasteiger partial charge on any atom is 0.329 e. The molecule has 0 saturated carbocycles. The summed E-state index contributed by atoms with van der Waals surface area (Å²) in [6.07, 6.45) is 1.36. The van der Waals surface area contributed by atoms with Gasteiger partial charge in [0.15, 0.2) is 5.75 Å². The molecule has 0 radical (unpaired) electrons. The van der Waals surface area contributed by atoms with Crippen LogP contribution in [-0.4, -0.2) is 34.5 Å². The van der Waals surface area contributed by atoms with Gasteiger partial charge in [-0.2, -0.15) is 0 Å². The average Bonchev–Trinajstić information content (AvgIpc) is 2.89. The molecule has 150 valence electrons. The average molecular weight is 547 g/mol. The molecule has 0 aliphatic carbocycles. The number of carboxylic acid groups (broad SMARTS) is 1. The topological polar surface area (TPSA) is 95.9 Å². The molecule has 1 saturated heterocycles. The van der Waals surface area contributed by atoms with Crippen molar-refractivity contribution in [1.29, 1.82) is 0 Å². The predicted molar refractivity (Wildman–Crippen MR) is 116 cm³/mol. The Morgan fingerprint density at radius 3 is 2.38 bits per heavy atom. The SMILES string of the molecule is O=C(O)CN1C(=O)N/C(=C/c2cc(Cl)c(OCc3ccc(I)cc3)c(Cl)c2)C1=O.